The van der Waals surface area contributed by atoms with Crippen molar-refractivity contribution in [2.75, 3.05) is 5.32 Å². The molecule has 0 saturated carbocycles. The fraction of sp³-hybridized carbons (Fsp3) is 0.0909. The number of carbonyl (C=O) groups excluding carboxylic acids is 1. The Hall–Kier alpha value is -4.61. The zero-order chi connectivity index (χ0) is 26.9. The first-order chi connectivity index (χ1) is 19.0. The standard InChI is InChI=1S/C33H24ClNO4/c1-2-20-12-14-22(15-13-20)30(36)28-27(21-16-18-23(34)19-17-21)29-31(25-10-6-7-11-26(25)38-33(29)37)39-32(28)35-24-8-4-3-5-9-24/h3-19,27,35H,2H2,1H3. The smallest absolute Gasteiger partial charge is 0.344 e. The Balaban J connectivity index is 1.64. The molecule has 0 spiro atoms. The Kier molecular flexibility index (Phi) is 6.51. The molecule has 0 aliphatic carbocycles. The van der Waals surface area contributed by atoms with Gasteiger partial charge in [-0.1, -0.05) is 85.3 Å². The Morgan fingerprint density at radius 3 is 2.28 bits per heavy atom. The van der Waals surface area contributed by atoms with Gasteiger partial charge < -0.3 is 14.5 Å². The lowest BCUT2D eigenvalue weighted by Crippen LogP contribution is -2.30. The molecule has 2 heterocycles. The third-order valence-corrected chi connectivity index (χ3v) is 7.18. The van der Waals surface area contributed by atoms with Crippen LogP contribution in [0, 0.1) is 0 Å². The largest absolute Gasteiger partial charge is 0.439 e. The van der Waals surface area contributed by atoms with Gasteiger partial charge in [0.2, 0.25) is 5.88 Å². The van der Waals surface area contributed by atoms with Crippen molar-refractivity contribution in [3.05, 3.63) is 152 Å². The molecule has 0 radical (unpaired) electrons. The number of Topliss-reactive ketones (excluding diaryl/α,β-unsaturated/α-hetero) is 1. The van der Waals surface area contributed by atoms with E-state index in [1.807, 2.05) is 78.9 Å². The summed E-state index contributed by atoms with van der Waals surface area (Å²) < 4.78 is 12.2. The summed E-state index contributed by atoms with van der Waals surface area (Å²) in [5, 5.41) is 4.50. The van der Waals surface area contributed by atoms with E-state index in [0.717, 1.165) is 17.7 Å². The average Bonchev–Trinajstić information content (AvgIpc) is 2.97. The zero-order valence-corrected chi connectivity index (χ0v) is 21.9. The van der Waals surface area contributed by atoms with E-state index in [0.29, 0.717) is 38.4 Å². The predicted octanol–water partition coefficient (Wildman–Crippen LogP) is 7.74. The molecule has 39 heavy (non-hydrogen) atoms. The fourth-order valence-electron chi connectivity index (χ4n) is 4.94. The lowest BCUT2D eigenvalue weighted by atomic mass is 9.80. The summed E-state index contributed by atoms with van der Waals surface area (Å²) >= 11 is 6.22. The maximum atomic E-state index is 14.3. The van der Waals surface area contributed by atoms with E-state index in [-0.39, 0.29) is 17.2 Å². The highest BCUT2D eigenvalue weighted by Crippen LogP contribution is 2.46. The van der Waals surface area contributed by atoms with Gasteiger partial charge >= 0.3 is 5.63 Å². The van der Waals surface area contributed by atoms with Gasteiger partial charge in [0.05, 0.1) is 22.4 Å². The minimum Gasteiger partial charge on any atom is -0.439 e. The Labute approximate surface area is 230 Å². The molecule has 1 aliphatic heterocycles. The molecule has 6 rings (SSSR count). The number of para-hydroxylation sites is 2. The summed E-state index contributed by atoms with van der Waals surface area (Å²) in [4.78, 5) is 27.9. The molecule has 6 heteroatoms. The second-order valence-electron chi connectivity index (χ2n) is 9.33. The first-order valence-electron chi connectivity index (χ1n) is 12.7. The molecule has 1 unspecified atom stereocenters. The van der Waals surface area contributed by atoms with E-state index in [2.05, 4.69) is 12.2 Å². The molecule has 1 N–H and O–H groups in total. The van der Waals surface area contributed by atoms with Crippen LogP contribution >= 0.6 is 11.6 Å². The summed E-state index contributed by atoms with van der Waals surface area (Å²) in [6, 6.07) is 31.3. The molecule has 1 atom stereocenters. The van der Waals surface area contributed by atoms with Gasteiger partial charge in [0, 0.05) is 16.3 Å². The average molecular weight is 534 g/mol. The third-order valence-electron chi connectivity index (χ3n) is 6.93. The van der Waals surface area contributed by atoms with Crippen LogP contribution in [0.15, 0.2) is 124 Å². The number of fused-ring (bicyclic) bond motifs is 3. The Morgan fingerprint density at radius 1 is 0.872 bits per heavy atom. The van der Waals surface area contributed by atoms with Crippen molar-refractivity contribution in [1.29, 1.82) is 0 Å². The summed E-state index contributed by atoms with van der Waals surface area (Å²) in [5.41, 5.74) is 3.48. The zero-order valence-electron chi connectivity index (χ0n) is 21.1. The van der Waals surface area contributed by atoms with Crippen molar-refractivity contribution in [2.45, 2.75) is 19.3 Å². The van der Waals surface area contributed by atoms with E-state index in [1.54, 1.807) is 24.3 Å². The van der Waals surface area contributed by atoms with Gasteiger partial charge in [0.1, 0.15) is 5.58 Å². The van der Waals surface area contributed by atoms with Crippen molar-refractivity contribution in [1.82, 2.24) is 0 Å². The molecule has 4 aromatic carbocycles. The molecule has 0 amide bonds. The van der Waals surface area contributed by atoms with Crippen LogP contribution in [0.4, 0.5) is 5.69 Å². The van der Waals surface area contributed by atoms with E-state index >= 15 is 0 Å². The van der Waals surface area contributed by atoms with Crippen molar-refractivity contribution in [3.8, 4) is 5.75 Å². The highest BCUT2D eigenvalue weighted by molar-refractivity contribution is 6.30. The highest BCUT2D eigenvalue weighted by atomic mass is 35.5. The van der Waals surface area contributed by atoms with Gasteiger partial charge in [-0.15, -0.1) is 0 Å². The first-order valence-corrected chi connectivity index (χ1v) is 13.1. The lowest BCUT2D eigenvalue weighted by Gasteiger charge is -2.30. The molecule has 0 fully saturated rings. The highest BCUT2D eigenvalue weighted by Gasteiger charge is 2.39. The Morgan fingerprint density at radius 2 is 1.56 bits per heavy atom. The van der Waals surface area contributed by atoms with Crippen molar-refractivity contribution < 1.29 is 13.9 Å². The molecule has 0 bridgehead atoms. The maximum absolute atomic E-state index is 14.3. The molecule has 0 saturated heterocycles. The number of anilines is 1. The number of halogens is 1. The summed E-state index contributed by atoms with van der Waals surface area (Å²) in [5.74, 6) is -0.405. The molecule has 5 aromatic rings. The number of hydrogen-bond acceptors (Lipinski definition) is 5. The quantitative estimate of drug-likeness (QED) is 0.178. The van der Waals surface area contributed by atoms with Crippen LogP contribution in [0.1, 0.15) is 39.9 Å². The van der Waals surface area contributed by atoms with Crippen LogP contribution in [0.5, 0.6) is 5.75 Å². The number of nitrogens with one attached hydrogen (secondary N) is 1. The summed E-state index contributed by atoms with van der Waals surface area (Å²) in [7, 11) is 0. The number of allylic oxidation sites excluding steroid dienone is 1. The summed E-state index contributed by atoms with van der Waals surface area (Å²) in [6.45, 7) is 2.06. The maximum Gasteiger partial charge on any atom is 0.344 e. The number of hydrogen-bond donors (Lipinski definition) is 1. The topological polar surface area (TPSA) is 68.5 Å². The van der Waals surface area contributed by atoms with Crippen LogP contribution in [-0.4, -0.2) is 5.78 Å². The number of ketones is 1. The van der Waals surface area contributed by atoms with Crippen molar-refractivity contribution >= 4 is 34.0 Å². The van der Waals surface area contributed by atoms with Crippen molar-refractivity contribution in [2.24, 2.45) is 0 Å². The number of aryl methyl sites for hydroxylation is 1. The molecule has 1 aromatic heterocycles. The minimum atomic E-state index is -0.767. The van der Waals surface area contributed by atoms with Crippen LogP contribution in [-0.2, 0) is 6.42 Å². The van der Waals surface area contributed by atoms with E-state index in [4.69, 9.17) is 20.8 Å². The van der Waals surface area contributed by atoms with E-state index in [9.17, 15) is 9.59 Å². The molecule has 1 aliphatic rings. The van der Waals surface area contributed by atoms with Gasteiger partial charge in [-0.3, -0.25) is 4.79 Å². The molecule has 5 nitrogen and oxygen atoms in total. The van der Waals surface area contributed by atoms with Gasteiger partial charge in [0.15, 0.2) is 11.5 Å². The molecule has 192 valence electrons. The van der Waals surface area contributed by atoms with E-state index < -0.39 is 11.5 Å². The SMILES string of the molecule is CCc1ccc(C(=O)C2=C(Nc3ccccc3)Oc3c(c(=O)oc4ccccc34)C2c2ccc(Cl)cc2)cc1. The van der Waals surface area contributed by atoms with Gasteiger partial charge in [0.25, 0.3) is 0 Å². The number of rotatable bonds is 6. The number of benzene rings is 4. The second-order valence-corrected chi connectivity index (χ2v) is 9.76. The van der Waals surface area contributed by atoms with E-state index in [1.165, 1.54) is 0 Å². The minimum absolute atomic E-state index is 0.255. The van der Waals surface area contributed by atoms with Crippen LogP contribution < -0.4 is 15.7 Å². The monoisotopic (exact) mass is 533 g/mol. The third kappa shape index (κ3) is 4.62. The van der Waals surface area contributed by atoms with Crippen LogP contribution in [0.25, 0.3) is 11.0 Å². The second kappa shape index (κ2) is 10.3. The predicted molar refractivity (Wildman–Crippen MR) is 154 cm³/mol. The normalized spacial score (nSPS) is 14.6. The molecular weight excluding hydrogens is 510 g/mol. The Bertz CT molecular complexity index is 1770. The van der Waals surface area contributed by atoms with Crippen LogP contribution in [0.3, 0.4) is 0 Å². The number of carbonyl (C=O) groups is 1. The van der Waals surface area contributed by atoms with Gasteiger partial charge in [-0.05, 0) is 53.9 Å². The number of ether oxygens (including phenoxy) is 1. The molecular formula is C33H24ClNO4. The lowest BCUT2D eigenvalue weighted by molar-refractivity contribution is 0.102. The first kappa shape index (κ1) is 24.7. The fourth-order valence-corrected chi connectivity index (χ4v) is 5.07. The van der Waals surface area contributed by atoms with Gasteiger partial charge in [-0.2, -0.15) is 0 Å². The van der Waals surface area contributed by atoms with Crippen molar-refractivity contribution in [3.63, 3.8) is 0 Å². The summed E-state index contributed by atoms with van der Waals surface area (Å²) in [6.07, 6.45) is 0.857. The van der Waals surface area contributed by atoms with Crippen LogP contribution in [0.2, 0.25) is 5.02 Å². The van der Waals surface area contributed by atoms with Gasteiger partial charge in [-0.25, -0.2) is 4.79 Å².